The molecule has 0 heterocycles. The summed E-state index contributed by atoms with van der Waals surface area (Å²) in [5, 5.41) is 2.87. The van der Waals surface area contributed by atoms with Gasteiger partial charge in [-0.25, -0.2) is 0 Å². The van der Waals surface area contributed by atoms with E-state index in [1.807, 2.05) is 48.5 Å². The van der Waals surface area contributed by atoms with E-state index in [2.05, 4.69) is 11.9 Å². The summed E-state index contributed by atoms with van der Waals surface area (Å²) in [6.07, 6.45) is 1.02. The van der Waals surface area contributed by atoms with Crippen LogP contribution in [0, 0.1) is 5.92 Å². The quantitative estimate of drug-likeness (QED) is 0.388. The maximum absolute atomic E-state index is 14.0. The number of allylic oxidation sites excluding steroid dienone is 1. The Bertz CT molecular complexity index is 1090. The van der Waals surface area contributed by atoms with Gasteiger partial charge in [-0.05, 0) is 41.3 Å². The van der Waals surface area contributed by atoms with Crippen molar-refractivity contribution in [3.8, 4) is 11.1 Å². The van der Waals surface area contributed by atoms with Crippen LogP contribution in [0.25, 0.3) is 11.1 Å². The van der Waals surface area contributed by atoms with Gasteiger partial charge in [0.25, 0.3) is 5.91 Å². The lowest BCUT2D eigenvalue weighted by molar-refractivity contribution is -0.147. The molecule has 0 bridgehead atoms. The molecule has 0 saturated heterocycles. The van der Waals surface area contributed by atoms with E-state index in [1.165, 1.54) is 6.92 Å². The molecule has 32 heavy (non-hydrogen) atoms. The number of halogens is 2. The maximum Gasteiger partial charge on any atom is 0.311 e. The van der Waals surface area contributed by atoms with Crippen LogP contribution >= 0.6 is 0 Å². The Morgan fingerprint density at radius 2 is 1.59 bits per heavy atom. The van der Waals surface area contributed by atoms with E-state index in [0.29, 0.717) is 11.3 Å². The summed E-state index contributed by atoms with van der Waals surface area (Å²) in [5.74, 6) is -5.96. The monoisotopic (exact) mass is 433 g/mol. The highest BCUT2D eigenvalue weighted by atomic mass is 19.3. The summed E-state index contributed by atoms with van der Waals surface area (Å²) < 4.78 is 27.9. The maximum atomic E-state index is 14.0. The third-order valence-electron chi connectivity index (χ3n) is 5.41. The van der Waals surface area contributed by atoms with Crippen LogP contribution in [0.15, 0.2) is 91.5 Å². The van der Waals surface area contributed by atoms with Crippen LogP contribution in [0.3, 0.4) is 0 Å². The fourth-order valence-corrected chi connectivity index (χ4v) is 3.33. The van der Waals surface area contributed by atoms with Gasteiger partial charge in [-0.2, -0.15) is 8.78 Å². The summed E-state index contributed by atoms with van der Waals surface area (Å²) in [5.41, 5.74) is 3.64. The first kappa shape index (κ1) is 23.1. The van der Waals surface area contributed by atoms with Crippen LogP contribution in [0.5, 0.6) is 0 Å². The topological polar surface area (TPSA) is 46.2 Å². The fourth-order valence-electron chi connectivity index (χ4n) is 3.33. The third-order valence-corrected chi connectivity index (χ3v) is 5.41. The van der Waals surface area contributed by atoms with Crippen molar-refractivity contribution in [3.05, 3.63) is 103 Å². The number of anilines is 1. The van der Waals surface area contributed by atoms with Crippen molar-refractivity contribution in [2.24, 2.45) is 5.92 Å². The first-order valence-electron chi connectivity index (χ1n) is 10.4. The van der Waals surface area contributed by atoms with Crippen LogP contribution in [0.4, 0.5) is 14.5 Å². The van der Waals surface area contributed by atoms with Gasteiger partial charge < -0.3 is 5.32 Å². The second kappa shape index (κ2) is 10.1. The highest BCUT2D eigenvalue weighted by Gasteiger charge is 2.41. The minimum absolute atomic E-state index is 0.198. The second-order valence-electron chi connectivity index (χ2n) is 7.63. The van der Waals surface area contributed by atoms with Gasteiger partial charge in [0.1, 0.15) is 0 Å². The third kappa shape index (κ3) is 5.35. The van der Waals surface area contributed by atoms with Crippen LogP contribution in [0.1, 0.15) is 29.3 Å². The summed E-state index contributed by atoms with van der Waals surface area (Å²) in [7, 11) is 0. The number of nitrogens with one attached hydrogen (secondary N) is 1. The van der Waals surface area contributed by atoms with Gasteiger partial charge in [-0.3, -0.25) is 9.59 Å². The van der Waals surface area contributed by atoms with E-state index in [9.17, 15) is 18.4 Å². The molecule has 0 saturated carbocycles. The lowest BCUT2D eigenvalue weighted by Crippen LogP contribution is -2.35. The predicted octanol–water partition coefficient (Wildman–Crippen LogP) is 6.57. The minimum atomic E-state index is -3.41. The average molecular weight is 433 g/mol. The van der Waals surface area contributed by atoms with Gasteiger partial charge in [0.05, 0.1) is 0 Å². The zero-order valence-electron chi connectivity index (χ0n) is 17.9. The Morgan fingerprint density at radius 3 is 2.25 bits per heavy atom. The van der Waals surface area contributed by atoms with Gasteiger partial charge in [-0.15, -0.1) is 6.58 Å². The number of rotatable bonds is 9. The zero-order valence-corrected chi connectivity index (χ0v) is 17.9. The van der Waals surface area contributed by atoms with Crippen molar-refractivity contribution >= 4 is 17.4 Å². The molecule has 0 radical (unpaired) electrons. The molecule has 1 unspecified atom stereocenters. The summed E-state index contributed by atoms with van der Waals surface area (Å²) in [4.78, 5) is 24.8. The average Bonchev–Trinajstić information content (AvgIpc) is 2.83. The molecular formula is C27H25F2NO2. The molecule has 0 aliphatic carbocycles. The molecule has 0 aliphatic heterocycles. The van der Waals surface area contributed by atoms with Crippen molar-refractivity contribution in [2.75, 3.05) is 5.32 Å². The fraction of sp³-hybridized carbons (Fsp3) is 0.185. The number of alkyl halides is 2. The number of carbonyl (C=O) groups is 2. The highest BCUT2D eigenvalue weighted by molar-refractivity contribution is 6.08. The van der Waals surface area contributed by atoms with E-state index in [1.54, 1.807) is 30.3 Å². The van der Waals surface area contributed by atoms with Gasteiger partial charge in [0.2, 0.25) is 5.78 Å². The molecule has 3 aromatic rings. The van der Waals surface area contributed by atoms with Crippen LogP contribution < -0.4 is 5.32 Å². The molecule has 0 aliphatic rings. The van der Waals surface area contributed by atoms with Gasteiger partial charge in [0, 0.05) is 23.6 Å². The number of Topliss-reactive ketones (excluding diaryl/α,β-unsaturated/α-hetero) is 1. The molecule has 1 N–H and O–H groups in total. The van der Waals surface area contributed by atoms with Gasteiger partial charge in [0.15, 0.2) is 0 Å². The molecule has 164 valence electrons. The Balaban J connectivity index is 1.65. The van der Waals surface area contributed by atoms with Crippen molar-refractivity contribution in [3.63, 3.8) is 0 Å². The Labute approximate surface area is 186 Å². The number of hydrogen-bond donors (Lipinski definition) is 1. The number of aryl methyl sites for hydroxylation is 1. The Hall–Kier alpha value is -3.60. The molecule has 5 heteroatoms. The summed E-state index contributed by atoms with van der Waals surface area (Å²) >= 11 is 0. The lowest BCUT2D eigenvalue weighted by atomic mass is 9.95. The standard InChI is InChI=1S/C27H25F2NO2/c1-3-19(2)27(28,29)25(31)18-15-20-13-16-22(17-14-20)30-26(32)24-12-8-7-11-23(24)21-9-5-4-6-10-21/h3-14,16-17,19H,1,15,18H2,2H3,(H,30,32). The summed E-state index contributed by atoms with van der Waals surface area (Å²) in [6.45, 7) is 4.61. The molecule has 3 aromatic carbocycles. The lowest BCUT2D eigenvalue weighted by Gasteiger charge is -2.19. The highest BCUT2D eigenvalue weighted by Crippen LogP contribution is 2.28. The first-order chi connectivity index (χ1) is 15.3. The molecule has 1 atom stereocenters. The van der Waals surface area contributed by atoms with E-state index < -0.39 is 17.6 Å². The second-order valence-corrected chi connectivity index (χ2v) is 7.63. The largest absolute Gasteiger partial charge is 0.322 e. The van der Waals surface area contributed by atoms with E-state index in [-0.39, 0.29) is 18.7 Å². The number of hydrogen-bond acceptors (Lipinski definition) is 2. The molecule has 3 rings (SSSR count). The van der Waals surface area contributed by atoms with Crippen LogP contribution in [-0.4, -0.2) is 17.6 Å². The SMILES string of the molecule is C=CC(C)C(F)(F)C(=O)CCc1ccc(NC(=O)c2ccccc2-c2ccccc2)cc1. The van der Waals surface area contributed by atoms with Crippen molar-refractivity contribution in [1.29, 1.82) is 0 Å². The number of carbonyl (C=O) groups excluding carboxylic acids is 2. The van der Waals surface area contributed by atoms with E-state index >= 15 is 0 Å². The molecule has 0 aromatic heterocycles. The van der Waals surface area contributed by atoms with Crippen LogP contribution in [0.2, 0.25) is 0 Å². The number of amides is 1. The number of benzene rings is 3. The molecule has 3 nitrogen and oxygen atoms in total. The normalized spacial score (nSPS) is 12.1. The van der Waals surface area contributed by atoms with Crippen LogP contribution in [-0.2, 0) is 11.2 Å². The Morgan fingerprint density at radius 1 is 0.969 bits per heavy atom. The molecule has 0 fully saturated rings. The zero-order chi connectivity index (χ0) is 23.1. The van der Waals surface area contributed by atoms with E-state index in [4.69, 9.17) is 0 Å². The molecule has 1 amide bonds. The van der Waals surface area contributed by atoms with Crippen molar-refractivity contribution < 1.29 is 18.4 Å². The molecular weight excluding hydrogens is 408 g/mol. The van der Waals surface area contributed by atoms with Crippen molar-refractivity contribution in [1.82, 2.24) is 0 Å². The van der Waals surface area contributed by atoms with Gasteiger partial charge >= 0.3 is 5.92 Å². The summed E-state index contributed by atoms with van der Waals surface area (Å²) in [6, 6.07) is 23.9. The molecule has 0 spiro atoms. The first-order valence-corrected chi connectivity index (χ1v) is 10.4. The van der Waals surface area contributed by atoms with E-state index in [0.717, 1.165) is 22.8 Å². The van der Waals surface area contributed by atoms with Crippen molar-refractivity contribution in [2.45, 2.75) is 25.7 Å². The number of ketones is 1. The minimum Gasteiger partial charge on any atom is -0.322 e. The Kier molecular flexibility index (Phi) is 7.31. The van der Waals surface area contributed by atoms with Gasteiger partial charge in [-0.1, -0.05) is 73.7 Å². The predicted molar refractivity (Wildman–Crippen MR) is 124 cm³/mol. The smallest absolute Gasteiger partial charge is 0.311 e.